The van der Waals surface area contributed by atoms with Gasteiger partial charge in [0.1, 0.15) is 11.5 Å². The highest BCUT2D eigenvalue weighted by Crippen LogP contribution is 2.13. The summed E-state index contributed by atoms with van der Waals surface area (Å²) in [5, 5.41) is 11.4. The molecule has 0 aliphatic heterocycles. The van der Waals surface area contributed by atoms with Crippen molar-refractivity contribution in [2.45, 2.75) is 6.92 Å². The molecule has 20 heavy (non-hydrogen) atoms. The van der Waals surface area contributed by atoms with Crippen molar-refractivity contribution in [3.63, 3.8) is 0 Å². The molecule has 0 aliphatic rings. The minimum Gasteiger partial charge on any atom is -0.478 e. The molecule has 0 radical (unpaired) electrons. The van der Waals surface area contributed by atoms with Crippen LogP contribution in [0.15, 0.2) is 41.1 Å². The number of carbonyl (C=O) groups excluding carboxylic acids is 1. The number of carboxylic acid groups (broad SMARTS) is 1. The topological polar surface area (TPSA) is 92.4 Å². The fraction of sp³-hybridized carbons (Fsp3) is 0.0714. The Morgan fingerprint density at radius 1 is 1.35 bits per heavy atom. The third kappa shape index (κ3) is 3.32. The zero-order valence-corrected chi connectivity index (χ0v) is 10.7. The van der Waals surface area contributed by atoms with E-state index in [-0.39, 0.29) is 11.3 Å². The number of nitrogens with zero attached hydrogens (tertiary/aromatic N) is 1. The lowest BCUT2D eigenvalue weighted by molar-refractivity contribution is -0.111. The van der Waals surface area contributed by atoms with E-state index in [1.165, 1.54) is 30.6 Å². The molecule has 0 unspecified atom stereocenters. The highest BCUT2D eigenvalue weighted by atomic mass is 16.4. The first-order valence-electron chi connectivity index (χ1n) is 5.79. The van der Waals surface area contributed by atoms with Gasteiger partial charge in [-0.25, -0.2) is 4.79 Å². The Bertz CT molecular complexity index is 673. The zero-order valence-electron chi connectivity index (χ0n) is 10.7. The molecule has 2 rings (SSSR count). The summed E-state index contributed by atoms with van der Waals surface area (Å²) in [6.45, 7) is 1.80. The molecule has 0 saturated carbocycles. The van der Waals surface area contributed by atoms with E-state index in [4.69, 9.17) is 9.52 Å². The van der Waals surface area contributed by atoms with Crippen LogP contribution in [0.4, 0.5) is 5.69 Å². The number of rotatable bonds is 4. The van der Waals surface area contributed by atoms with Crippen LogP contribution in [0.1, 0.15) is 21.9 Å². The molecule has 0 fully saturated rings. The van der Waals surface area contributed by atoms with Gasteiger partial charge in [0.05, 0.1) is 17.4 Å². The Kier molecular flexibility index (Phi) is 3.95. The monoisotopic (exact) mass is 272 g/mol. The minimum absolute atomic E-state index is 0.0180. The number of carbonyl (C=O) groups is 2. The normalized spacial score (nSPS) is 10.7. The van der Waals surface area contributed by atoms with Crippen molar-refractivity contribution in [2.75, 3.05) is 5.32 Å². The fourth-order valence-electron chi connectivity index (χ4n) is 1.56. The number of amides is 1. The SMILES string of the molecule is Cc1ccc(C=CC(=O)Nc2cnccc2C(=O)O)o1. The molecule has 1 amide bonds. The number of pyridine rings is 1. The number of aromatic carboxylic acids is 1. The van der Waals surface area contributed by atoms with Crippen LogP contribution in [-0.2, 0) is 4.79 Å². The van der Waals surface area contributed by atoms with Gasteiger partial charge in [0.15, 0.2) is 0 Å². The third-order valence-corrected chi connectivity index (χ3v) is 2.47. The molecule has 2 heterocycles. The number of nitrogens with one attached hydrogen (secondary N) is 1. The van der Waals surface area contributed by atoms with E-state index in [1.807, 2.05) is 0 Å². The molecular weight excluding hydrogens is 260 g/mol. The summed E-state index contributed by atoms with van der Waals surface area (Å²) in [5.41, 5.74) is 0.126. The Balaban J connectivity index is 2.09. The second kappa shape index (κ2) is 5.83. The summed E-state index contributed by atoms with van der Waals surface area (Å²) in [4.78, 5) is 26.5. The third-order valence-electron chi connectivity index (χ3n) is 2.47. The van der Waals surface area contributed by atoms with E-state index in [2.05, 4.69) is 10.3 Å². The number of hydrogen-bond donors (Lipinski definition) is 2. The predicted molar refractivity (Wildman–Crippen MR) is 72.3 cm³/mol. The van der Waals surface area contributed by atoms with E-state index in [9.17, 15) is 9.59 Å². The summed E-state index contributed by atoms with van der Waals surface area (Å²) < 4.78 is 5.27. The van der Waals surface area contributed by atoms with Crippen LogP contribution in [0.3, 0.4) is 0 Å². The molecule has 0 aromatic carbocycles. The Morgan fingerprint density at radius 3 is 2.80 bits per heavy atom. The number of aryl methyl sites for hydroxylation is 1. The molecule has 0 bridgehead atoms. The van der Waals surface area contributed by atoms with E-state index < -0.39 is 11.9 Å². The first-order valence-corrected chi connectivity index (χ1v) is 5.79. The van der Waals surface area contributed by atoms with Crippen molar-refractivity contribution in [1.82, 2.24) is 4.98 Å². The van der Waals surface area contributed by atoms with Crippen LogP contribution in [0, 0.1) is 6.92 Å². The number of anilines is 1. The lowest BCUT2D eigenvalue weighted by atomic mass is 10.2. The molecule has 0 aliphatic carbocycles. The summed E-state index contributed by atoms with van der Waals surface area (Å²) in [7, 11) is 0. The highest BCUT2D eigenvalue weighted by molar-refractivity contribution is 6.05. The van der Waals surface area contributed by atoms with Crippen molar-refractivity contribution < 1.29 is 19.1 Å². The van der Waals surface area contributed by atoms with Gasteiger partial charge in [-0.3, -0.25) is 9.78 Å². The summed E-state index contributed by atoms with van der Waals surface area (Å²) in [5.74, 6) is -0.310. The molecule has 0 atom stereocenters. The van der Waals surface area contributed by atoms with Crippen LogP contribution < -0.4 is 5.32 Å². The number of carboxylic acids is 1. The summed E-state index contributed by atoms with van der Waals surface area (Å²) in [6.07, 6.45) is 5.39. The van der Waals surface area contributed by atoms with Crippen molar-refractivity contribution >= 4 is 23.6 Å². The molecule has 0 saturated heterocycles. The minimum atomic E-state index is -1.13. The van der Waals surface area contributed by atoms with E-state index in [0.717, 1.165) is 5.76 Å². The average Bonchev–Trinajstić information content (AvgIpc) is 2.83. The maximum absolute atomic E-state index is 11.7. The Hall–Kier alpha value is -2.89. The van der Waals surface area contributed by atoms with Crippen LogP contribution in [-0.4, -0.2) is 22.0 Å². The van der Waals surface area contributed by atoms with Gasteiger partial charge >= 0.3 is 5.97 Å². The summed E-state index contributed by atoms with van der Waals surface area (Å²) >= 11 is 0. The molecular formula is C14H12N2O4. The Morgan fingerprint density at radius 2 is 2.15 bits per heavy atom. The number of hydrogen-bond acceptors (Lipinski definition) is 4. The van der Waals surface area contributed by atoms with Crippen molar-refractivity contribution in [1.29, 1.82) is 0 Å². The quantitative estimate of drug-likeness (QED) is 0.833. The van der Waals surface area contributed by atoms with E-state index >= 15 is 0 Å². The van der Waals surface area contributed by atoms with Gasteiger partial charge in [0.25, 0.3) is 0 Å². The molecule has 102 valence electrons. The molecule has 2 aromatic rings. The largest absolute Gasteiger partial charge is 0.478 e. The second-order valence-corrected chi connectivity index (χ2v) is 4.00. The van der Waals surface area contributed by atoms with Crippen LogP contribution in [0.2, 0.25) is 0 Å². The van der Waals surface area contributed by atoms with Crippen LogP contribution in [0.5, 0.6) is 0 Å². The van der Waals surface area contributed by atoms with Gasteiger partial charge in [-0.05, 0) is 31.2 Å². The van der Waals surface area contributed by atoms with Gasteiger partial charge in [0, 0.05) is 12.3 Å². The zero-order chi connectivity index (χ0) is 14.5. The smallest absolute Gasteiger partial charge is 0.337 e. The number of furan rings is 1. The van der Waals surface area contributed by atoms with Crippen molar-refractivity contribution in [3.05, 3.63) is 53.8 Å². The van der Waals surface area contributed by atoms with Crippen LogP contribution in [0.25, 0.3) is 6.08 Å². The predicted octanol–water partition coefficient (Wildman–Crippen LogP) is 2.33. The molecule has 6 nitrogen and oxygen atoms in total. The highest BCUT2D eigenvalue weighted by Gasteiger charge is 2.10. The lowest BCUT2D eigenvalue weighted by Gasteiger charge is -2.04. The van der Waals surface area contributed by atoms with E-state index in [0.29, 0.717) is 5.76 Å². The van der Waals surface area contributed by atoms with Crippen molar-refractivity contribution in [2.24, 2.45) is 0 Å². The molecule has 6 heteroatoms. The number of aromatic nitrogens is 1. The first-order chi connectivity index (χ1) is 9.56. The lowest BCUT2D eigenvalue weighted by Crippen LogP contribution is -2.12. The standard InChI is InChI=1S/C14H12N2O4/c1-9-2-3-10(20-9)4-5-13(17)16-12-8-15-7-6-11(12)14(18)19/h2-8H,1H3,(H,16,17)(H,18,19). The van der Waals surface area contributed by atoms with Gasteiger partial charge in [-0.2, -0.15) is 0 Å². The second-order valence-electron chi connectivity index (χ2n) is 4.00. The Labute approximate surface area is 114 Å². The maximum atomic E-state index is 11.7. The van der Waals surface area contributed by atoms with Gasteiger partial charge in [-0.1, -0.05) is 0 Å². The van der Waals surface area contributed by atoms with Gasteiger partial charge < -0.3 is 14.8 Å². The van der Waals surface area contributed by atoms with E-state index in [1.54, 1.807) is 19.1 Å². The molecule has 0 spiro atoms. The van der Waals surface area contributed by atoms with Gasteiger partial charge in [-0.15, -0.1) is 0 Å². The molecule has 2 aromatic heterocycles. The average molecular weight is 272 g/mol. The summed E-state index contributed by atoms with van der Waals surface area (Å²) in [6, 6.07) is 4.82. The maximum Gasteiger partial charge on any atom is 0.337 e. The first kappa shape index (κ1) is 13.5. The molecule has 2 N–H and O–H groups in total. The fourth-order valence-corrected chi connectivity index (χ4v) is 1.56. The van der Waals surface area contributed by atoms with Crippen LogP contribution >= 0.6 is 0 Å². The van der Waals surface area contributed by atoms with Gasteiger partial charge in [0.2, 0.25) is 5.91 Å². The van der Waals surface area contributed by atoms with Crippen molar-refractivity contribution in [3.8, 4) is 0 Å².